The van der Waals surface area contributed by atoms with Gasteiger partial charge in [-0.3, -0.25) is 9.78 Å². The predicted molar refractivity (Wildman–Crippen MR) is 63.3 cm³/mol. The second kappa shape index (κ2) is 9.26. The van der Waals surface area contributed by atoms with Crippen LogP contribution in [0.15, 0.2) is 24.4 Å². The third kappa shape index (κ3) is 6.20. The van der Waals surface area contributed by atoms with E-state index in [4.69, 9.17) is 12.2 Å². The molecule has 0 unspecified atom stereocenters. The van der Waals surface area contributed by atoms with Crippen LogP contribution in [0.5, 0.6) is 0 Å². The Bertz CT molecular complexity index is 387. The average Bonchev–Trinajstić information content (AvgIpc) is 2.37. The number of terminal acetylenes is 2. The van der Waals surface area contributed by atoms with E-state index in [1.165, 1.54) is 0 Å². The number of carbonyl (C=O) groups excluding carboxylic acids is 1. The number of amides is 1. The molecule has 1 aromatic rings. The molecule has 1 heterocycles. The summed E-state index contributed by atoms with van der Waals surface area (Å²) in [6.07, 6.45) is 11.2. The molecule has 0 spiro atoms. The molecule has 16 heavy (non-hydrogen) atoms. The lowest BCUT2D eigenvalue weighted by Crippen LogP contribution is -2.24. The molecular weight excluding hydrogens is 202 g/mol. The van der Waals surface area contributed by atoms with E-state index in [2.05, 4.69) is 28.6 Å². The molecule has 0 aliphatic heterocycles. The molecule has 1 amide bonds. The van der Waals surface area contributed by atoms with Gasteiger partial charge in [0.15, 0.2) is 0 Å². The first kappa shape index (κ1) is 13.7. The van der Waals surface area contributed by atoms with E-state index in [9.17, 15) is 4.79 Å². The summed E-state index contributed by atoms with van der Waals surface area (Å²) in [5, 5.41) is 2.51. The van der Waals surface area contributed by atoms with E-state index < -0.39 is 0 Å². The van der Waals surface area contributed by atoms with E-state index >= 15 is 0 Å². The maximum absolute atomic E-state index is 11.1. The van der Waals surface area contributed by atoms with Gasteiger partial charge in [-0.2, -0.15) is 0 Å². The fourth-order valence-electron chi connectivity index (χ4n) is 0.719. The van der Waals surface area contributed by atoms with Crippen molar-refractivity contribution < 1.29 is 4.79 Å². The zero-order valence-electron chi connectivity index (χ0n) is 8.81. The molecule has 0 aliphatic carbocycles. The Balaban J connectivity index is 0.000000487. The van der Waals surface area contributed by atoms with Crippen molar-refractivity contribution in [1.82, 2.24) is 10.3 Å². The Morgan fingerprint density at radius 1 is 1.44 bits per heavy atom. The van der Waals surface area contributed by atoms with E-state index in [0.29, 0.717) is 12.2 Å². The Hall–Kier alpha value is -2.30. The summed E-state index contributed by atoms with van der Waals surface area (Å²) in [5.41, 5.74) is 5.17. The SMILES string of the molecule is C#CCN.C#CCNC(=O)c1ccccn1. The molecule has 4 heteroatoms. The van der Waals surface area contributed by atoms with Crippen LogP contribution in [0.3, 0.4) is 0 Å². The molecule has 0 fully saturated rings. The molecule has 0 bridgehead atoms. The number of pyridine rings is 1. The van der Waals surface area contributed by atoms with Gasteiger partial charge >= 0.3 is 0 Å². The second-order valence-corrected chi connectivity index (χ2v) is 2.51. The maximum atomic E-state index is 11.1. The van der Waals surface area contributed by atoms with Crippen molar-refractivity contribution in [2.75, 3.05) is 13.1 Å². The minimum absolute atomic E-state index is 0.232. The number of carbonyl (C=O) groups is 1. The third-order valence-corrected chi connectivity index (χ3v) is 1.37. The van der Waals surface area contributed by atoms with Crippen molar-refractivity contribution in [1.29, 1.82) is 0 Å². The van der Waals surface area contributed by atoms with Gasteiger partial charge in [0.05, 0.1) is 13.1 Å². The largest absolute Gasteiger partial charge is 0.340 e. The first-order valence-electron chi connectivity index (χ1n) is 4.52. The van der Waals surface area contributed by atoms with Gasteiger partial charge in [0.1, 0.15) is 5.69 Å². The van der Waals surface area contributed by atoms with E-state index in [-0.39, 0.29) is 12.5 Å². The van der Waals surface area contributed by atoms with Crippen molar-refractivity contribution in [2.24, 2.45) is 5.73 Å². The van der Waals surface area contributed by atoms with Crippen molar-refractivity contribution in [3.05, 3.63) is 30.1 Å². The van der Waals surface area contributed by atoms with Crippen LogP contribution in [-0.4, -0.2) is 24.0 Å². The smallest absolute Gasteiger partial charge is 0.270 e. The van der Waals surface area contributed by atoms with Gasteiger partial charge in [0.25, 0.3) is 5.91 Å². The van der Waals surface area contributed by atoms with Gasteiger partial charge < -0.3 is 11.1 Å². The molecule has 0 aliphatic rings. The van der Waals surface area contributed by atoms with Crippen LogP contribution in [0.25, 0.3) is 0 Å². The first-order chi connectivity index (χ1) is 7.76. The summed E-state index contributed by atoms with van der Waals surface area (Å²) in [7, 11) is 0. The normalized spacial score (nSPS) is 7.69. The van der Waals surface area contributed by atoms with Crippen molar-refractivity contribution in [2.45, 2.75) is 0 Å². The molecule has 4 nitrogen and oxygen atoms in total. The Morgan fingerprint density at radius 2 is 2.12 bits per heavy atom. The molecular formula is C12H13N3O. The summed E-state index contributed by atoms with van der Waals surface area (Å²) < 4.78 is 0. The van der Waals surface area contributed by atoms with E-state index in [1.54, 1.807) is 24.4 Å². The number of rotatable bonds is 2. The van der Waals surface area contributed by atoms with Crippen LogP contribution in [0, 0.1) is 24.7 Å². The molecule has 0 atom stereocenters. The molecule has 0 radical (unpaired) electrons. The van der Waals surface area contributed by atoms with E-state index in [0.717, 1.165) is 0 Å². The van der Waals surface area contributed by atoms with Crippen LogP contribution >= 0.6 is 0 Å². The minimum atomic E-state index is -0.242. The minimum Gasteiger partial charge on any atom is -0.340 e. The second-order valence-electron chi connectivity index (χ2n) is 2.51. The Morgan fingerprint density at radius 3 is 2.56 bits per heavy atom. The number of nitrogens with one attached hydrogen (secondary N) is 1. The monoisotopic (exact) mass is 215 g/mol. The van der Waals surface area contributed by atoms with Gasteiger partial charge in [-0.1, -0.05) is 17.9 Å². The number of hydrogen-bond acceptors (Lipinski definition) is 3. The number of nitrogens with zero attached hydrogens (tertiary/aromatic N) is 1. The highest BCUT2D eigenvalue weighted by atomic mass is 16.1. The quantitative estimate of drug-likeness (QED) is 0.683. The lowest BCUT2D eigenvalue weighted by molar-refractivity contribution is 0.0954. The lowest BCUT2D eigenvalue weighted by atomic mass is 10.3. The Labute approximate surface area is 95.3 Å². The average molecular weight is 215 g/mol. The molecule has 3 N–H and O–H groups in total. The molecule has 82 valence electrons. The van der Waals surface area contributed by atoms with Gasteiger partial charge in [0.2, 0.25) is 0 Å². The zero-order valence-corrected chi connectivity index (χ0v) is 8.81. The van der Waals surface area contributed by atoms with Crippen molar-refractivity contribution in [3.63, 3.8) is 0 Å². The topological polar surface area (TPSA) is 68.0 Å². The Kier molecular flexibility index (Phi) is 7.93. The zero-order chi connectivity index (χ0) is 12.2. The first-order valence-corrected chi connectivity index (χ1v) is 4.52. The van der Waals surface area contributed by atoms with Crippen LogP contribution in [0.4, 0.5) is 0 Å². The van der Waals surface area contributed by atoms with Crippen LogP contribution < -0.4 is 11.1 Å². The van der Waals surface area contributed by atoms with Crippen LogP contribution in [0.2, 0.25) is 0 Å². The highest BCUT2D eigenvalue weighted by molar-refractivity contribution is 5.92. The fourth-order valence-corrected chi connectivity index (χ4v) is 0.719. The van der Waals surface area contributed by atoms with Gasteiger partial charge in [0, 0.05) is 6.20 Å². The number of hydrogen-bond donors (Lipinski definition) is 2. The lowest BCUT2D eigenvalue weighted by Gasteiger charge is -1.98. The highest BCUT2D eigenvalue weighted by Gasteiger charge is 2.02. The molecule has 1 aromatic heterocycles. The number of nitrogens with two attached hydrogens (primary N) is 1. The van der Waals surface area contributed by atoms with Gasteiger partial charge in [-0.05, 0) is 12.1 Å². The fraction of sp³-hybridized carbons (Fsp3) is 0.167. The molecule has 0 saturated heterocycles. The molecule has 0 saturated carbocycles. The predicted octanol–water partition coefficient (Wildman–Crippen LogP) is 0.0229. The van der Waals surface area contributed by atoms with Crippen LogP contribution in [-0.2, 0) is 0 Å². The van der Waals surface area contributed by atoms with Crippen LogP contribution in [0.1, 0.15) is 10.5 Å². The van der Waals surface area contributed by atoms with Gasteiger partial charge in [-0.25, -0.2) is 0 Å². The summed E-state index contributed by atoms with van der Waals surface area (Å²) >= 11 is 0. The number of aromatic nitrogens is 1. The van der Waals surface area contributed by atoms with Crippen molar-refractivity contribution in [3.8, 4) is 24.7 Å². The van der Waals surface area contributed by atoms with Gasteiger partial charge in [-0.15, -0.1) is 12.8 Å². The summed E-state index contributed by atoms with van der Waals surface area (Å²) in [6, 6.07) is 5.13. The molecule has 0 aromatic carbocycles. The summed E-state index contributed by atoms with van der Waals surface area (Å²) in [6.45, 7) is 0.579. The molecule has 1 rings (SSSR count). The van der Waals surface area contributed by atoms with E-state index in [1.807, 2.05) is 0 Å². The summed E-state index contributed by atoms with van der Waals surface area (Å²) in [5.74, 6) is 4.27. The maximum Gasteiger partial charge on any atom is 0.270 e. The summed E-state index contributed by atoms with van der Waals surface area (Å²) in [4.78, 5) is 15.0. The third-order valence-electron chi connectivity index (χ3n) is 1.37. The highest BCUT2D eigenvalue weighted by Crippen LogP contribution is 1.91. The standard InChI is InChI=1S/C9H8N2O.C3H5N/c1-2-6-11-9(12)8-5-3-4-7-10-8;1-2-3-4/h1,3-5,7H,6H2,(H,11,12);1H,3-4H2. The van der Waals surface area contributed by atoms with Crippen molar-refractivity contribution >= 4 is 5.91 Å².